The smallest absolute Gasteiger partial charge is 0.110 e. The molecule has 1 heterocycles. The van der Waals surface area contributed by atoms with Crippen molar-refractivity contribution in [2.24, 2.45) is 11.1 Å². The summed E-state index contributed by atoms with van der Waals surface area (Å²) in [7, 11) is 0. The summed E-state index contributed by atoms with van der Waals surface area (Å²) < 4.78 is 0. The molecule has 0 radical (unpaired) electrons. The van der Waals surface area contributed by atoms with E-state index in [1.165, 1.54) is 10.6 Å². The van der Waals surface area contributed by atoms with Gasteiger partial charge in [-0.25, -0.2) is 4.98 Å². The van der Waals surface area contributed by atoms with Crippen LogP contribution in [-0.4, -0.2) is 4.98 Å². The van der Waals surface area contributed by atoms with Crippen LogP contribution in [0.2, 0.25) is 0 Å². The van der Waals surface area contributed by atoms with E-state index in [0.717, 1.165) is 24.3 Å². The lowest BCUT2D eigenvalue weighted by Crippen LogP contribution is -2.26. The Balaban J connectivity index is 2.98. The van der Waals surface area contributed by atoms with Crippen molar-refractivity contribution in [3.8, 4) is 0 Å². The first kappa shape index (κ1) is 13.7. The molecular weight excluding hydrogens is 216 g/mol. The molecule has 0 bridgehead atoms. The number of aromatic nitrogens is 1. The molecule has 3 heteroatoms. The maximum absolute atomic E-state index is 6.25. The highest BCUT2D eigenvalue weighted by Gasteiger charge is 2.26. The third-order valence-corrected chi connectivity index (χ3v) is 4.13. The zero-order valence-electron chi connectivity index (χ0n) is 11.1. The van der Waals surface area contributed by atoms with E-state index in [4.69, 9.17) is 10.7 Å². The van der Waals surface area contributed by atoms with Crippen molar-refractivity contribution in [2.75, 3.05) is 0 Å². The lowest BCUT2D eigenvalue weighted by atomic mass is 9.88. The van der Waals surface area contributed by atoms with Crippen LogP contribution in [0.3, 0.4) is 0 Å². The van der Waals surface area contributed by atoms with Crippen molar-refractivity contribution < 1.29 is 0 Å². The lowest BCUT2D eigenvalue weighted by Gasteiger charge is -2.24. The van der Waals surface area contributed by atoms with Gasteiger partial charge in [0, 0.05) is 4.88 Å². The fourth-order valence-corrected chi connectivity index (χ4v) is 2.91. The number of hydrogen-bond donors (Lipinski definition) is 1. The second-order valence-electron chi connectivity index (χ2n) is 5.37. The van der Waals surface area contributed by atoms with Crippen molar-refractivity contribution in [3.05, 3.63) is 15.6 Å². The molecule has 0 spiro atoms. The first-order valence-electron chi connectivity index (χ1n) is 6.14. The van der Waals surface area contributed by atoms with Gasteiger partial charge in [0.2, 0.25) is 0 Å². The molecule has 1 aromatic rings. The molecule has 0 saturated carbocycles. The van der Waals surface area contributed by atoms with Crippen molar-refractivity contribution in [1.82, 2.24) is 4.98 Å². The van der Waals surface area contributed by atoms with Crippen LogP contribution in [0, 0.1) is 5.41 Å². The van der Waals surface area contributed by atoms with Crippen LogP contribution < -0.4 is 5.73 Å². The van der Waals surface area contributed by atoms with Crippen LogP contribution in [0.4, 0.5) is 0 Å². The average Bonchev–Trinajstić information content (AvgIpc) is 2.59. The van der Waals surface area contributed by atoms with Crippen molar-refractivity contribution >= 4 is 11.3 Å². The monoisotopic (exact) mass is 240 g/mol. The predicted octanol–water partition coefficient (Wildman–Crippen LogP) is 3.70. The van der Waals surface area contributed by atoms with Gasteiger partial charge >= 0.3 is 0 Å². The Kier molecular flexibility index (Phi) is 4.51. The minimum Gasteiger partial charge on any atom is -0.322 e. The van der Waals surface area contributed by atoms with E-state index >= 15 is 0 Å². The summed E-state index contributed by atoms with van der Waals surface area (Å²) in [4.78, 5) is 6.14. The van der Waals surface area contributed by atoms with Crippen LogP contribution in [0.5, 0.6) is 0 Å². The Morgan fingerprint density at radius 3 is 2.38 bits per heavy atom. The van der Waals surface area contributed by atoms with Crippen LogP contribution >= 0.6 is 11.3 Å². The van der Waals surface area contributed by atoms with E-state index in [0.29, 0.717) is 0 Å². The maximum atomic E-state index is 6.25. The van der Waals surface area contributed by atoms with E-state index in [2.05, 4.69) is 34.6 Å². The lowest BCUT2D eigenvalue weighted by molar-refractivity contribution is 0.326. The maximum Gasteiger partial charge on any atom is 0.110 e. The summed E-state index contributed by atoms with van der Waals surface area (Å²) in [5.41, 5.74) is 7.61. The van der Waals surface area contributed by atoms with Crippen LogP contribution in [0.15, 0.2) is 0 Å². The standard InChI is InChI=1S/C13H24N2S/c1-6-8-9-10(7-2)16-12(15-9)11(14)13(3,4)5/h11H,6-8,14H2,1-5H3. The van der Waals surface area contributed by atoms with Gasteiger partial charge in [0.05, 0.1) is 11.7 Å². The highest BCUT2D eigenvalue weighted by atomic mass is 32.1. The van der Waals surface area contributed by atoms with Gasteiger partial charge in [-0.15, -0.1) is 11.3 Å². The molecule has 92 valence electrons. The molecule has 0 aliphatic carbocycles. The summed E-state index contributed by atoms with van der Waals surface area (Å²) in [6.45, 7) is 10.9. The fraction of sp³-hybridized carbons (Fsp3) is 0.769. The van der Waals surface area contributed by atoms with Crippen molar-refractivity contribution in [2.45, 2.75) is 59.9 Å². The normalized spacial score (nSPS) is 14.1. The van der Waals surface area contributed by atoms with Crippen LogP contribution in [-0.2, 0) is 12.8 Å². The van der Waals surface area contributed by atoms with E-state index in [9.17, 15) is 0 Å². The third-order valence-electron chi connectivity index (χ3n) is 2.80. The fourth-order valence-electron chi connectivity index (χ4n) is 1.62. The zero-order valence-corrected chi connectivity index (χ0v) is 11.9. The summed E-state index contributed by atoms with van der Waals surface area (Å²) in [6, 6.07) is 0.0495. The Bertz CT molecular complexity index is 336. The van der Waals surface area contributed by atoms with E-state index in [-0.39, 0.29) is 11.5 Å². The highest BCUT2D eigenvalue weighted by Crippen LogP contribution is 2.34. The van der Waals surface area contributed by atoms with E-state index in [1.54, 1.807) is 11.3 Å². The molecular formula is C13H24N2S. The highest BCUT2D eigenvalue weighted by molar-refractivity contribution is 7.11. The molecule has 0 aliphatic heterocycles. The van der Waals surface area contributed by atoms with Crippen LogP contribution in [0.25, 0.3) is 0 Å². The van der Waals surface area contributed by atoms with Crippen molar-refractivity contribution in [3.63, 3.8) is 0 Å². The summed E-state index contributed by atoms with van der Waals surface area (Å²) in [5, 5.41) is 1.10. The van der Waals surface area contributed by atoms with Gasteiger partial charge in [0.1, 0.15) is 5.01 Å². The molecule has 0 aliphatic rings. The number of rotatable bonds is 4. The van der Waals surface area contributed by atoms with Gasteiger partial charge in [0.15, 0.2) is 0 Å². The molecule has 0 fully saturated rings. The number of thiazole rings is 1. The number of hydrogen-bond acceptors (Lipinski definition) is 3. The average molecular weight is 240 g/mol. The van der Waals surface area contributed by atoms with Gasteiger partial charge in [-0.05, 0) is 18.3 Å². The number of nitrogens with zero attached hydrogens (tertiary/aromatic N) is 1. The van der Waals surface area contributed by atoms with Gasteiger partial charge in [0.25, 0.3) is 0 Å². The summed E-state index contributed by atoms with van der Waals surface area (Å²) >= 11 is 1.80. The molecule has 0 amide bonds. The Labute approximate surface area is 103 Å². The minimum atomic E-state index is 0.0495. The van der Waals surface area contributed by atoms with Crippen molar-refractivity contribution in [1.29, 1.82) is 0 Å². The molecule has 1 aromatic heterocycles. The molecule has 0 aromatic carbocycles. The third kappa shape index (κ3) is 3.05. The van der Waals surface area contributed by atoms with Gasteiger partial charge in [-0.1, -0.05) is 41.0 Å². The second kappa shape index (κ2) is 5.28. The van der Waals surface area contributed by atoms with E-state index < -0.39 is 0 Å². The summed E-state index contributed by atoms with van der Waals surface area (Å²) in [5.74, 6) is 0. The van der Waals surface area contributed by atoms with Crippen LogP contribution in [0.1, 0.15) is 62.7 Å². The summed E-state index contributed by atoms with van der Waals surface area (Å²) in [6.07, 6.45) is 3.31. The number of aryl methyl sites for hydroxylation is 2. The van der Waals surface area contributed by atoms with E-state index in [1.807, 2.05) is 0 Å². The van der Waals surface area contributed by atoms with Gasteiger partial charge < -0.3 is 5.73 Å². The first-order chi connectivity index (χ1) is 7.40. The first-order valence-corrected chi connectivity index (χ1v) is 6.95. The second-order valence-corrected chi connectivity index (χ2v) is 6.48. The Morgan fingerprint density at radius 1 is 1.31 bits per heavy atom. The molecule has 16 heavy (non-hydrogen) atoms. The molecule has 2 N–H and O–H groups in total. The molecule has 1 unspecified atom stereocenters. The topological polar surface area (TPSA) is 38.9 Å². The molecule has 0 saturated heterocycles. The quantitative estimate of drug-likeness (QED) is 0.871. The number of nitrogens with two attached hydrogens (primary N) is 1. The Morgan fingerprint density at radius 2 is 1.94 bits per heavy atom. The Hall–Kier alpha value is -0.410. The minimum absolute atomic E-state index is 0.0495. The largest absolute Gasteiger partial charge is 0.322 e. The zero-order chi connectivity index (χ0) is 12.3. The predicted molar refractivity (Wildman–Crippen MR) is 71.9 cm³/mol. The SMILES string of the molecule is CCCc1nc(C(N)C(C)(C)C)sc1CC. The molecule has 1 atom stereocenters. The van der Waals surface area contributed by atoms with Gasteiger partial charge in [-0.2, -0.15) is 0 Å². The van der Waals surface area contributed by atoms with Gasteiger partial charge in [-0.3, -0.25) is 0 Å². The molecule has 2 nitrogen and oxygen atoms in total. The molecule has 1 rings (SSSR count).